The van der Waals surface area contributed by atoms with E-state index in [2.05, 4.69) is 63.3 Å². The van der Waals surface area contributed by atoms with Crippen molar-refractivity contribution < 1.29 is 4.74 Å². The number of hydrogen-bond acceptors (Lipinski definition) is 5. The number of fused-ring (bicyclic) bond motifs is 1. The van der Waals surface area contributed by atoms with Crippen LogP contribution in [0.2, 0.25) is 0 Å². The Bertz CT molecular complexity index is 1300. The maximum Gasteiger partial charge on any atom is 0.204 e. The van der Waals surface area contributed by atoms with E-state index >= 15 is 0 Å². The first-order valence-electron chi connectivity index (χ1n) is 12.3. The van der Waals surface area contributed by atoms with Crippen LogP contribution < -0.4 is 10.1 Å². The molecule has 0 spiro atoms. The topological polar surface area (TPSA) is 66.1 Å². The molecule has 1 saturated heterocycles. The number of aromatic nitrogens is 2. The van der Waals surface area contributed by atoms with Crippen LogP contribution in [-0.4, -0.2) is 47.2 Å². The fraction of sp³-hybridized carbons (Fsp3) is 0.310. The molecule has 3 aromatic carbocycles. The standard InChI is InChI=1S/C29H31N5O/c1-35-26-12-10-24(11-13-26)21-34-28-5-3-2-4-27(28)32-29(34)31-25-15-18-33(19-16-25)17-14-22-6-8-23(20-30)9-7-22/h2-13,25H,14-19,21H2,1H3,(H,31,32). The summed E-state index contributed by atoms with van der Waals surface area (Å²) >= 11 is 0. The van der Waals surface area contributed by atoms with E-state index in [1.807, 2.05) is 30.3 Å². The van der Waals surface area contributed by atoms with Crippen molar-refractivity contribution in [1.29, 1.82) is 5.26 Å². The minimum Gasteiger partial charge on any atom is -0.497 e. The molecule has 0 radical (unpaired) electrons. The van der Waals surface area contributed by atoms with Crippen LogP contribution in [0, 0.1) is 11.3 Å². The van der Waals surface area contributed by atoms with Crippen molar-refractivity contribution in [3.8, 4) is 11.8 Å². The van der Waals surface area contributed by atoms with E-state index in [4.69, 9.17) is 15.0 Å². The third kappa shape index (κ3) is 5.47. The van der Waals surface area contributed by atoms with Gasteiger partial charge in [0.25, 0.3) is 0 Å². The second-order valence-electron chi connectivity index (χ2n) is 9.18. The number of hydrogen-bond donors (Lipinski definition) is 1. The third-order valence-electron chi connectivity index (χ3n) is 6.87. The maximum absolute atomic E-state index is 8.97. The molecule has 5 rings (SSSR count). The van der Waals surface area contributed by atoms with Gasteiger partial charge in [0.15, 0.2) is 0 Å². The number of rotatable bonds is 8. The lowest BCUT2D eigenvalue weighted by Gasteiger charge is -2.32. The Morgan fingerprint density at radius 2 is 1.69 bits per heavy atom. The van der Waals surface area contributed by atoms with Crippen molar-refractivity contribution in [2.24, 2.45) is 0 Å². The lowest BCUT2D eigenvalue weighted by atomic mass is 10.0. The summed E-state index contributed by atoms with van der Waals surface area (Å²) in [5.41, 5.74) is 5.39. The molecule has 0 aliphatic carbocycles. The number of benzene rings is 3. The van der Waals surface area contributed by atoms with Crippen molar-refractivity contribution in [3.05, 3.63) is 89.5 Å². The predicted molar refractivity (Wildman–Crippen MR) is 140 cm³/mol. The lowest BCUT2D eigenvalue weighted by Crippen LogP contribution is -2.40. The molecule has 2 heterocycles. The van der Waals surface area contributed by atoms with Gasteiger partial charge in [0.2, 0.25) is 5.95 Å². The highest BCUT2D eigenvalue weighted by molar-refractivity contribution is 5.78. The van der Waals surface area contributed by atoms with E-state index in [-0.39, 0.29) is 0 Å². The van der Waals surface area contributed by atoms with Crippen molar-refractivity contribution >= 4 is 17.0 Å². The van der Waals surface area contributed by atoms with Gasteiger partial charge in [0, 0.05) is 25.7 Å². The first kappa shape index (κ1) is 22.9. The van der Waals surface area contributed by atoms with Crippen molar-refractivity contribution in [2.75, 3.05) is 32.1 Å². The third-order valence-corrected chi connectivity index (χ3v) is 6.87. The lowest BCUT2D eigenvalue weighted by molar-refractivity contribution is 0.221. The molecule has 6 heteroatoms. The molecule has 1 aliphatic heterocycles. The monoisotopic (exact) mass is 465 g/mol. The number of piperidine rings is 1. The van der Waals surface area contributed by atoms with Gasteiger partial charge < -0.3 is 19.5 Å². The number of methoxy groups -OCH3 is 1. The van der Waals surface area contributed by atoms with Gasteiger partial charge in [-0.25, -0.2) is 4.98 Å². The van der Waals surface area contributed by atoms with E-state index < -0.39 is 0 Å². The van der Waals surface area contributed by atoms with Crippen LogP contribution in [0.4, 0.5) is 5.95 Å². The SMILES string of the molecule is COc1ccc(Cn2c(NC3CCN(CCc4ccc(C#N)cc4)CC3)nc3ccccc32)cc1. The molecular formula is C29H31N5O. The molecule has 0 saturated carbocycles. The summed E-state index contributed by atoms with van der Waals surface area (Å²) in [6, 6.07) is 27.1. The highest BCUT2D eigenvalue weighted by atomic mass is 16.5. The molecular weight excluding hydrogens is 434 g/mol. The zero-order valence-corrected chi connectivity index (χ0v) is 20.2. The summed E-state index contributed by atoms with van der Waals surface area (Å²) in [5, 5.41) is 12.7. The van der Waals surface area contributed by atoms with Crippen LogP contribution in [0.3, 0.4) is 0 Å². The summed E-state index contributed by atoms with van der Waals surface area (Å²) in [4.78, 5) is 7.47. The first-order valence-corrected chi connectivity index (χ1v) is 12.3. The molecule has 0 unspecified atom stereocenters. The summed E-state index contributed by atoms with van der Waals surface area (Å²) < 4.78 is 7.60. The minimum atomic E-state index is 0.410. The van der Waals surface area contributed by atoms with Gasteiger partial charge in [-0.05, 0) is 66.8 Å². The molecule has 178 valence electrons. The number of nitrogens with zero attached hydrogens (tertiary/aromatic N) is 4. The van der Waals surface area contributed by atoms with E-state index in [1.165, 1.54) is 11.1 Å². The highest BCUT2D eigenvalue weighted by Gasteiger charge is 2.21. The normalized spacial score (nSPS) is 14.6. The van der Waals surface area contributed by atoms with Crippen LogP contribution in [0.1, 0.15) is 29.5 Å². The largest absolute Gasteiger partial charge is 0.497 e. The zero-order valence-electron chi connectivity index (χ0n) is 20.2. The van der Waals surface area contributed by atoms with Gasteiger partial charge in [-0.1, -0.05) is 36.4 Å². The second kappa shape index (κ2) is 10.6. The van der Waals surface area contributed by atoms with Crippen LogP contribution in [-0.2, 0) is 13.0 Å². The number of nitriles is 1. The van der Waals surface area contributed by atoms with E-state index in [0.717, 1.165) is 73.7 Å². The molecule has 1 N–H and O–H groups in total. The summed E-state index contributed by atoms with van der Waals surface area (Å²) in [6.45, 7) is 3.96. The van der Waals surface area contributed by atoms with Crippen LogP contribution in [0.25, 0.3) is 11.0 Å². The number of imidazole rings is 1. The average molecular weight is 466 g/mol. The predicted octanol–water partition coefficient (Wildman–Crippen LogP) is 5.08. The van der Waals surface area contributed by atoms with E-state index in [9.17, 15) is 0 Å². The Morgan fingerprint density at radius 1 is 0.971 bits per heavy atom. The Labute approximate surface area is 206 Å². The molecule has 4 aromatic rings. The van der Waals surface area contributed by atoms with Gasteiger partial charge in [0.05, 0.1) is 36.3 Å². The van der Waals surface area contributed by atoms with Gasteiger partial charge >= 0.3 is 0 Å². The van der Waals surface area contributed by atoms with Gasteiger partial charge in [0.1, 0.15) is 5.75 Å². The first-order chi connectivity index (χ1) is 17.2. The van der Waals surface area contributed by atoms with Crippen LogP contribution >= 0.6 is 0 Å². The smallest absolute Gasteiger partial charge is 0.204 e. The fourth-order valence-corrected chi connectivity index (χ4v) is 4.78. The maximum atomic E-state index is 8.97. The molecule has 0 atom stereocenters. The molecule has 1 aliphatic rings. The van der Waals surface area contributed by atoms with Crippen LogP contribution in [0.15, 0.2) is 72.8 Å². The number of ether oxygens (including phenoxy) is 1. The van der Waals surface area contributed by atoms with Gasteiger partial charge in [-0.15, -0.1) is 0 Å². The Morgan fingerprint density at radius 3 is 2.40 bits per heavy atom. The zero-order chi connectivity index (χ0) is 24.0. The molecule has 1 aromatic heterocycles. The number of anilines is 1. The highest BCUT2D eigenvalue weighted by Crippen LogP contribution is 2.24. The van der Waals surface area contributed by atoms with Crippen molar-refractivity contribution in [2.45, 2.75) is 31.8 Å². The summed E-state index contributed by atoms with van der Waals surface area (Å²) in [7, 11) is 1.69. The fourth-order valence-electron chi connectivity index (χ4n) is 4.78. The summed E-state index contributed by atoms with van der Waals surface area (Å²) in [6.07, 6.45) is 3.21. The second-order valence-corrected chi connectivity index (χ2v) is 9.18. The number of nitrogens with one attached hydrogen (secondary N) is 1. The van der Waals surface area contributed by atoms with Crippen molar-refractivity contribution in [1.82, 2.24) is 14.5 Å². The van der Waals surface area contributed by atoms with Crippen molar-refractivity contribution in [3.63, 3.8) is 0 Å². The van der Waals surface area contributed by atoms with Gasteiger partial charge in [-0.2, -0.15) is 5.26 Å². The Balaban J connectivity index is 1.22. The molecule has 1 fully saturated rings. The summed E-state index contributed by atoms with van der Waals surface area (Å²) in [5.74, 6) is 1.81. The number of para-hydroxylation sites is 2. The Kier molecular flexibility index (Phi) is 6.97. The minimum absolute atomic E-state index is 0.410. The van der Waals surface area contributed by atoms with E-state index in [1.54, 1.807) is 7.11 Å². The van der Waals surface area contributed by atoms with Crippen LogP contribution in [0.5, 0.6) is 5.75 Å². The molecule has 35 heavy (non-hydrogen) atoms. The van der Waals surface area contributed by atoms with E-state index in [0.29, 0.717) is 6.04 Å². The molecule has 0 bridgehead atoms. The molecule has 0 amide bonds. The van der Waals surface area contributed by atoms with Gasteiger partial charge in [-0.3, -0.25) is 0 Å². The molecule has 6 nitrogen and oxygen atoms in total. The average Bonchev–Trinajstić information content (AvgIpc) is 3.25. The number of likely N-dealkylation sites (tertiary alicyclic amines) is 1. The quantitative estimate of drug-likeness (QED) is 0.393. The Hall–Kier alpha value is -3.82.